The van der Waals surface area contributed by atoms with Crippen LogP contribution in [0.4, 0.5) is 4.39 Å². The van der Waals surface area contributed by atoms with Gasteiger partial charge < -0.3 is 9.84 Å². The Bertz CT molecular complexity index is 363. The van der Waals surface area contributed by atoms with Gasteiger partial charge in [-0.15, -0.1) is 0 Å². The average molecular weight is 473 g/mol. The van der Waals surface area contributed by atoms with Gasteiger partial charge in [0.05, 0.1) is 0 Å². The van der Waals surface area contributed by atoms with Gasteiger partial charge in [-0.05, 0) is 12.8 Å². The highest BCUT2D eigenvalue weighted by Crippen LogP contribution is 2.20. The van der Waals surface area contributed by atoms with E-state index < -0.39 is 12.6 Å². The van der Waals surface area contributed by atoms with Gasteiger partial charge in [-0.2, -0.15) is 0 Å². The highest BCUT2D eigenvalue weighted by molar-refractivity contribution is 4.59. The second-order valence-corrected chi connectivity index (χ2v) is 10.6. The van der Waals surface area contributed by atoms with Crippen molar-refractivity contribution in [3.8, 4) is 0 Å². The van der Waals surface area contributed by atoms with Crippen LogP contribution in [0.1, 0.15) is 175 Å². The van der Waals surface area contributed by atoms with E-state index in [-0.39, 0.29) is 5.92 Å². The molecule has 1 N–H and O–H groups in total. The first-order valence-electron chi connectivity index (χ1n) is 15.1. The number of unbranched alkanes of at least 4 members (excludes halogenated alkanes) is 20. The second kappa shape index (κ2) is 26.5. The second-order valence-electron chi connectivity index (χ2n) is 10.6. The number of hydrogen-bond donors (Lipinski definition) is 1. The van der Waals surface area contributed by atoms with Crippen molar-refractivity contribution in [1.82, 2.24) is 0 Å². The predicted octanol–water partition coefficient (Wildman–Crippen LogP) is 10.7. The van der Waals surface area contributed by atoms with E-state index in [1.807, 2.05) is 6.92 Å². The Labute approximate surface area is 207 Å². The molecule has 0 aromatic heterocycles. The van der Waals surface area contributed by atoms with Gasteiger partial charge in [0.1, 0.15) is 0 Å². The van der Waals surface area contributed by atoms with Gasteiger partial charge in [-0.1, -0.05) is 156 Å². The topological polar surface area (TPSA) is 29.5 Å². The Morgan fingerprint density at radius 2 is 0.818 bits per heavy atom. The molecule has 0 aromatic rings. The fraction of sp³-hybridized carbons (Fsp3) is 1.00. The van der Waals surface area contributed by atoms with E-state index >= 15 is 0 Å². The van der Waals surface area contributed by atoms with Crippen LogP contribution < -0.4 is 0 Å². The average Bonchev–Trinajstić information content (AvgIpc) is 2.80. The standard InChI is InChI=1S/C30H61FO2/c1-4-6-8-10-12-13-14-15-16-17-18-19-21-22-24-26-28(3)30(32)33-29(31)27-25-23-20-11-9-7-5-2/h28-30,32H,4-27H2,1-3H3. The summed E-state index contributed by atoms with van der Waals surface area (Å²) in [5.41, 5.74) is 0. The molecule has 0 aliphatic carbocycles. The Balaban J connectivity index is 3.40. The summed E-state index contributed by atoms with van der Waals surface area (Å²) in [6.45, 7) is 6.48. The van der Waals surface area contributed by atoms with Gasteiger partial charge in [0.25, 0.3) is 0 Å². The summed E-state index contributed by atoms with van der Waals surface area (Å²) in [7, 11) is 0. The molecular formula is C30H61FO2. The summed E-state index contributed by atoms with van der Waals surface area (Å²) in [4.78, 5) is 0. The number of aliphatic hydroxyl groups excluding tert-OH is 1. The van der Waals surface area contributed by atoms with Gasteiger partial charge in [0.2, 0.25) is 6.36 Å². The monoisotopic (exact) mass is 472 g/mol. The first kappa shape index (κ1) is 32.8. The minimum absolute atomic E-state index is 0.0132. The molecule has 0 fully saturated rings. The molecule has 3 atom stereocenters. The fourth-order valence-electron chi connectivity index (χ4n) is 4.60. The summed E-state index contributed by atoms with van der Waals surface area (Å²) >= 11 is 0. The van der Waals surface area contributed by atoms with Crippen LogP contribution in [-0.2, 0) is 4.74 Å². The third-order valence-electron chi connectivity index (χ3n) is 7.07. The van der Waals surface area contributed by atoms with E-state index in [1.54, 1.807) is 0 Å². The Morgan fingerprint density at radius 3 is 1.18 bits per heavy atom. The summed E-state index contributed by atoms with van der Waals surface area (Å²) < 4.78 is 19.2. The Kier molecular flexibility index (Phi) is 26.3. The van der Waals surface area contributed by atoms with Crippen LogP contribution in [0.3, 0.4) is 0 Å². The minimum Gasteiger partial charge on any atom is -0.368 e. The van der Waals surface area contributed by atoms with Crippen molar-refractivity contribution in [2.75, 3.05) is 0 Å². The minimum atomic E-state index is -1.32. The molecule has 3 unspecified atom stereocenters. The number of ether oxygens (including phenoxy) is 1. The summed E-state index contributed by atoms with van der Waals surface area (Å²) in [6.07, 6.45) is 27.7. The SMILES string of the molecule is CCCCCCCCCCCCCCCCCC(C)C(O)OC(F)CCCCCCCCC. The van der Waals surface area contributed by atoms with Crippen LogP contribution in [-0.4, -0.2) is 17.8 Å². The van der Waals surface area contributed by atoms with E-state index in [2.05, 4.69) is 13.8 Å². The number of hydrogen-bond acceptors (Lipinski definition) is 2. The normalized spacial score (nSPS) is 14.5. The molecule has 0 saturated carbocycles. The van der Waals surface area contributed by atoms with Crippen LogP contribution >= 0.6 is 0 Å². The molecule has 0 rings (SSSR count). The third-order valence-corrected chi connectivity index (χ3v) is 7.07. The van der Waals surface area contributed by atoms with E-state index in [4.69, 9.17) is 4.74 Å². The maximum absolute atomic E-state index is 14.0. The summed E-state index contributed by atoms with van der Waals surface area (Å²) in [5, 5.41) is 10.1. The Morgan fingerprint density at radius 1 is 0.515 bits per heavy atom. The highest BCUT2D eigenvalue weighted by Gasteiger charge is 2.19. The maximum atomic E-state index is 14.0. The van der Waals surface area contributed by atoms with Gasteiger partial charge in [0.15, 0.2) is 6.29 Å². The van der Waals surface area contributed by atoms with E-state index in [0.29, 0.717) is 6.42 Å². The zero-order chi connectivity index (χ0) is 24.4. The molecule has 0 saturated heterocycles. The number of alkyl halides is 1. The van der Waals surface area contributed by atoms with Gasteiger partial charge in [-0.3, -0.25) is 0 Å². The van der Waals surface area contributed by atoms with Crippen molar-refractivity contribution in [3.63, 3.8) is 0 Å². The van der Waals surface area contributed by atoms with Crippen LogP contribution in [0.5, 0.6) is 0 Å². The molecule has 0 bridgehead atoms. The number of halogens is 1. The van der Waals surface area contributed by atoms with Crippen molar-refractivity contribution >= 4 is 0 Å². The lowest BCUT2D eigenvalue weighted by Crippen LogP contribution is -2.25. The van der Waals surface area contributed by atoms with Crippen LogP contribution in [0.15, 0.2) is 0 Å². The molecule has 0 spiro atoms. The van der Waals surface area contributed by atoms with Crippen molar-refractivity contribution in [3.05, 3.63) is 0 Å². The van der Waals surface area contributed by atoms with Gasteiger partial charge in [-0.25, -0.2) is 4.39 Å². The summed E-state index contributed by atoms with van der Waals surface area (Å²) in [5.74, 6) is 0.0132. The molecule has 200 valence electrons. The Hall–Kier alpha value is -0.150. The van der Waals surface area contributed by atoms with Gasteiger partial charge in [0, 0.05) is 12.3 Å². The first-order chi connectivity index (χ1) is 16.1. The molecule has 0 aliphatic heterocycles. The number of rotatable bonds is 27. The summed E-state index contributed by atoms with van der Waals surface area (Å²) in [6, 6.07) is 0. The molecule has 0 amide bonds. The lowest BCUT2D eigenvalue weighted by Gasteiger charge is -2.21. The largest absolute Gasteiger partial charge is 0.368 e. The van der Waals surface area contributed by atoms with Crippen molar-refractivity contribution in [2.24, 2.45) is 5.92 Å². The fourth-order valence-corrected chi connectivity index (χ4v) is 4.60. The molecule has 0 aliphatic rings. The molecule has 3 heteroatoms. The van der Waals surface area contributed by atoms with E-state index in [9.17, 15) is 9.50 Å². The maximum Gasteiger partial charge on any atom is 0.201 e. The number of aliphatic hydroxyl groups is 1. The lowest BCUT2D eigenvalue weighted by atomic mass is 10.0. The van der Waals surface area contributed by atoms with Gasteiger partial charge >= 0.3 is 0 Å². The molecule has 2 nitrogen and oxygen atoms in total. The quantitative estimate of drug-likeness (QED) is 0.0951. The van der Waals surface area contributed by atoms with Crippen LogP contribution in [0.25, 0.3) is 0 Å². The molecule has 0 aromatic carbocycles. The lowest BCUT2D eigenvalue weighted by molar-refractivity contribution is -0.201. The van der Waals surface area contributed by atoms with Crippen molar-refractivity contribution in [2.45, 2.75) is 188 Å². The van der Waals surface area contributed by atoms with E-state index in [1.165, 1.54) is 122 Å². The van der Waals surface area contributed by atoms with Crippen LogP contribution in [0, 0.1) is 5.92 Å². The van der Waals surface area contributed by atoms with E-state index in [0.717, 1.165) is 25.7 Å². The smallest absolute Gasteiger partial charge is 0.201 e. The molecule has 0 heterocycles. The highest BCUT2D eigenvalue weighted by atomic mass is 19.1. The zero-order valence-electron chi connectivity index (χ0n) is 22.9. The molecule has 33 heavy (non-hydrogen) atoms. The molecule has 0 radical (unpaired) electrons. The molecular weight excluding hydrogens is 411 g/mol. The van der Waals surface area contributed by atoms with Crippen LogP contribution in [0.2, 0.25) is 0 Å². The third kappa shape index (κ3) is 24.8. The van der Waals surface area contributed by atoms with Crippen molar-refractivity contribution in [1.29, 1.82) is 0 Å². The van der Waals surface area contributed by atoms with Crippen molar-refractivity contribution < 1.29 is 14.2 Å². The first-order valence-corrected chi connectivity index (χ1v) is 15.1. The predicted molar refractivity (Wildman–Crippen MR) is 143 cm³/mol. The zero-order valence-corrected chi connectivity index (χ0v) is 22.9.